The number of ketones is 2. The van der Waals surface area contributed by atoms with E-state index in [0.29, 0.717) is 18.0 Å². The van der Waals surface area contributed by atoms with E-state index in [1.165, 1.54) is 11.1 Å². The van der Waals surface area contributed by atoms with Gasteiger partial charge in [-0.15, -0.1) is 0 Å². The summed E-state index contributed by atoms with van der Waals surface area (Å²) in [6, 6.07) is 0. The molecule has 5 atom stereocenters. The topological polar surface area (TPSA) is 34.1 Å². The molecule has 3 aliphatic carbocycles. The van der Waals surface area contributed by atoms with E-state index in [1.54, 1.807) is 0 Å². The molecule has 0 aromatic rings. The number of carbonyl (C=O) groups is 2. The van der Waals surface area contributed by atoms with Gasteiger partial charge < -0.3 is 0 Å². The summed E-state index contributed by atoms with van der Waals surface area (Å²) in [4.78, 5) is 24.8. The van der Waals surface area contributed by atoms with Crippen LogP contribution in [0.25, 0.3) is 0 Å². The predicted octanol–water partition coefficient (Wildman–Crippen LogP) is 2.77. The summed E-state index contributed by atoms with van der Waals surface area (Å²) in [7, 11) is 0. The van der Waals surface area contributed by atoms with Gasteiger partial charge in [0.15, 0.2) is 0 Å². The summed E-state index contributed by atoms with van der Waals surface area (Å²) in [5.74, 6) is 1.32. The molecule has 0 radical (unpaired) electrons. The molecular weight excluding hydrogens is 212 g/mol. The average Bonchev–Trinajstić information content (AvgIpc) is 2.61. The van der Waals surface area contributed by atoms with Gasteiger partial charge in [-0.3, -0.25) is 9.59 Å². The molecule has 3 aliphatic rings. The van der Waals surface area contributed by atoms with Crippen molar-refractivity contribution in [1.82, 2.24) is 0 Å². The van der Waals surface area contributed by atoms with Gasteiger partial charge in [0, 0.05) is 29.6 Å². The van der Waals surface area contributed by atoms with Crippen LogP contribution in [-0.4, -0.2) is 11.6 Å². The lowest BCUT2D eigenvalue weighted by Crippen LogP contribution is -2.35. The summed E-state index contributed by atoms with van der Waals surface area (Å²) in [6.07, 6.45) is 1.45. The maximum Gasteiger partial charge on any atom is 0.143 e. The van der Waals surface area contributed by atoms with E-state index in [4.69, 9.17) is 0 Å². The Bertz CT molecular complexity index is 456. The van der Waals surface area contributed by atoms with Gasteiger partial charge in [0.05, 0.1) is 0 Å². The summed E-state index contributed by atoms with van der Waals surface area (Å²) in [5, 5.41) is 0. The Balaban J connectivity index is 2.20. The largest absolute Gasteiger partial charge is 0.299 e. The second-order valence-corrected chi connectivity index (χ2v) is 6.66. The number of carbonyl (C=O) groups excluding carboxylic acids is 2. The second-order valence-electron chi connectivity index (χ2n) is 6.66. The maximum absolute atomic E-state index is 12.5. The van der Waals surface area contributed by atoms with Crippen molar-refractivity contribution in [3.8, 4) is 0 Å². The lowest BCUT2D eigenvalue weighted by Gasteiger charge is -2.33. The molecule has 0 aromatic carbocycles. The molecule has 0 amide bonds. The molecule has 0 spiro atoms. The Hall–Kier alpha value is -0.920. The van der Waals surface area contributed by atoms with Gasteiger partial charge in [-0.1, -0.05) is 25.0 Å². The highest BCUT2D eigenvalue weighted by Crippen LogP contribution is 2.66. The van der Waals surface area contributed by atoms with E-state index in [1.807, 2.05) is 6.92 Å². The first-order chi connectivity index (χ1) is 7.88. The predicted molar refractivity (Wildman–Crippen MR) is 65.4 cm³/mol. The van der Waals surface area contributed by atoms with Crippen molar-refractivity contribution in [3.63, 3.8) is 0 Å². The zero-order chi connectivity index (χ0) is 12.5. The van der Waals surface area contributed by atoms with Crippen molar-refractivity contribution in [1.29, 1.82) is 0 Å². The highest BCUT2D eigenvalue weighted by molar-refractivity contribution is 6.02. The van der Waals surface area contributed by atoms with Gasteiger partial charge >= 0.3 is 0 Å². The normalized spacial score (nSPS) is 47.9. The fourth-order valence-electron chi connectivity index (χ4n) is 4.68. The molecule has 0 N–H and O–H groups in total. The number of rotatable bonds is 0. The number of hydrogen-bond acceptors (Lipinski definition) is 2. The van der Waals surface area contributed by atoms with Crippen LogP contribution in [-0.2, 0) is 9.59 Å². The van der Waals surface area contributed by atoms with Crippen molar-refractivity contribution in [2.45, 2.75) is 40.5 Å². The smallest absolute Gasteiger partial charge is 0.143 e. The minimum atomic E-state index is -0.371. The van der Waals surface area contributed by atoms with E-state index < -0.39 is 0 Å². The lowest BCUT2D eigenvalue weighted by atomic mass is 9.69. The summed E-state index contributed by atoms with van der Waals surface area (Å²) in [5.41, 5.74) is 2.36. The average molecular weight is 232 g/mol. The SMILES string of the molecule is CC(C)=C1C[C@]2(C)C(=O)[C@@H]3[C@H]1[C@H]2C(=O)C[C@@H]3C. The monoisotopic (exact) mass is 232 g/mol. The minimum absolute atomic E-state index is 0.00102. The zero-order valence-corrected chi connectivity index (χ0v) is 11.0. The van der Waals surface area contributed by atoms with Gasteiger partial charge in [-0.05, 0) is 26.2 Å². The van der Waals surface area contributed by atoms with Crippen molar-refractivity contribution in [2.24, 2.45) is 29.1 Å². The second kappa shape index (κ2) is 3.09. The fourth-order valence-corrected chi connectivity index (χ4v) is 4.68. The molecule has 17 heavy (non-hydrogen) atoms. The molecule has 0 aromatic heterocycles. The number of hydrogen-bond donors (Lipinski definition) is 0. The summed E-state index contributed by atoms with van der Waals surface area (Å²) >= 11 is 0. The molecule has 3 fully saturated rings. The Morgan fingerprint density at radius 1 is 1.24 bits per heavy atom. The summed E-state index contributed by atoms with van der Waals surface area (Å²) in [6.45, 7) is 8.34. The van der Waals surface area contributed by atoms with Gasteiger partial charge in [0.2, 0.25) is 0 Å². The standard InChI is InChI=1S/C15H20O2/c1-7(2)9-6-15(4)13-10(16)5-8(3)11(12(9)13)14(15)17/h8,11-13H,5-6H2,1-4H3/t8-,11-,12-,13+,15-/m0/s1. The van der Waals surface area contributed by atoms with E-state index in [9.17, 15) is 9.59 Å². The minimum Gasteiger partial charge on any atom is -0.299 e. The molecule has 92 valence electrons. The lowest BCUT2D eigenvalue weighted by molar-refractivity contribution is -0.132. The third-order valence-corrected chi connectivity index (χ3v) is 5.38. The number of allylic oxidation sites excluding steroid dienone is 2. The van der Waals surface area contributed by atoms with E-state index in [0.717, 1.165) is 6.42 Å². The van der Waals surface area contributed by atoms with E-state index in [-0.39, 0.29) is 29.1 Å². The molecule has 0 heterocycles. The molecule has 3 rings (SSSR count). The van der Waals surface area contributed by atoms with Crippen molar-refractivity contribution >= 4 is 11.6 Å². The summed E-state index contributed by atoms with van der Waals surface area (Å²) < 4.78 is 0. The molecule has 4 bridgehead atoms. The first kappa shape index (κ1) is 11.2. The third kappa shape index (κ3) is 1.12. The van der Waals surface area contributed by atoms with E-state index in [2.05, 4.69) is 20.8 Å². The van der Waals surface area contributed by atoms with Crippen LogP contribution in [0.5, 0.6) is 0 Å². The van der Waals surface area contributed by atoms with Crippen LogP contribution < -0.4 is 0 Å². The van der Waals surface area contributed by atoms with Crippen LogP contribution in [0, 0.1) is 29.1 Å². The first-order valence-corrected chi connectivity index (χ1v) is 6.61. The Morgan fingerprint density at radius 2 is 1.88 bits per heavy atom. The molecular formula is C15H20O2. The number of Topliss-reactive ketones (excluding diaryl/α,β-unsaturated/α-hetero) is 2. The highest BCUT2D eigenvalue weighted by atomic mass is 16.1. The van der Waals surface area contributed by atoms with Crippen LogP contribution >= 0.6 is 0 Å². The third-order valence-electron chi connectivity index (χ3n) is 5.38. The van der Waals surface area contributed by atoms with Crippen molar-refractivity contribution in [3.05, 3.63) is 11.1 Å². The molecule has 3 saturated carbocycles. The van der Waals surface area contributed by atoms with Gasteiger partial charge in [0.25, 0.3) is 0 Å². The van der Waals surface area contributed by atoms with Crippen molar-refractivity contribution in [2.75, 3.05) is 0 Å². The van der Waals surface area contributed by atoms with Gasteiger partial charge in [0.1, 0.15) is 11.6 Å². The van der Waals surface area contributed by atoms with Gasteiger partial charge in [-0.2, -0.15) is 0 Å². The van der Waals surface area contributed by atoms with E-state index >= 15 is 0 Å². The maximum atomic E-state index is 12.5. The van der Waals surface area contributed by atoms with Gasteiger partial charge in [-0.25, -0.2) is 0 Å². The molecule has 0 aliphatic heterocycles. The molecule has 0 saturated heterocycles. The molecule has 2 heteroatoms. The van der Waals surface area contributed by atoms with Crippen LogP contribution in [0.3, 0.4) is 0 Å². The Kier molecular flexibility index (Phi) is 2.04. The van der Waals surface area contributed by atoms with Crippen LogP contribution in [0.4, 0.5) is 0 Å². The van der Waals surface area contributed by atoms with Crippen LogP contribution in [0.2, 0.25) is 0 Å². The quantitative estimate of drug-likeness (QED) is 0.602. The zero-order valence-electron chi connectivity index (χ0n) is 11.0. The van der Waals surface area contributed by atoms with Crippen molar-refractivity contribution < 1.29 is 9.59 Å². The van der Waals surface area contributed by atoms with Crippen LogP contribution in [0.15, 0.2) is 11.1 Å². The first-order valence-electron chi connectivity index (χ1n) is 6.61. The highest BCUT2D eigenvalue weighted by Gasteiger charge is 2.69. The molecule has 0 unspecified atom stereocenters. The molecule has 2 nitrogen and oxygen atoms in total. The Labute approximate surface area is 102 Å². The van der Waals surface area contributed by atoms with Crippen LogP contribution in [0.1, 0.15) is 40.5 Å². The Morgan fingerprint density at radius 3 is 2.47 bits per heavy atom. The fraction of sp³-hybridized carbons (Fsp3) is 0.733.